The Bertz CT molecular complexity index is 849. The number of hydrogen-bond acceptors (Lipinski definition) is 3. The molecule has 0 atom stereocenters. The number of hydrogen-bond donors (Lipinski definition) is 3. The number of aryl methyl sites for hydroxylation is 1. The SMILES string of the molecule is CNC(=O)c1ccc(NC(=O)Cc2ccc(C)c(C(=O)O)c2)cc1Cl. The zero-order valence-corrected chi connectivity index (χ0v) is 14.5. The van der Waals surface area contributed by atoms with Crippen molar-refractivity contribution in [3.05, 3.63) is 63.7 Å². The van der Waals surface area contributed by atoms with Crippen LogP contribution in [0.2, 0.25) is 5.02 Å². The zero-order chi connectivity index (χ0) is 18.6. The van der Waals surface area contributed by atoms with Crippen molar-refractivity contribution in [2.45, 2.75) is 13.3 Å². The van der Waals surface area contributed by atoms with Gasteiger partial charge >= 0.3 is 5.97 Å². The molecule has 0 aliphatic carbocycles. The predicted octanol–water partition coefficient (Wildman–Crippen LogP) is 2.89. The fraction of sp³-hybridized carbons (Fsp3) is 0.167. The van der Waals surface area contributed by atoms with Crippen LogP contribution in [0.1, 0.15) is 31.8 Å². The molecule has 2 rings (SSSR count). The highest BCUT2D eigenvalue weighted by Gasteiger charge is 2.12. The maximum Gasteiger partial charge on any atom is 0.335 e. The molecule has 0 radical (unpaired) electrons. The lowest BCUT2D eigenvalue weighted by molar-refractivity contribution is -0.115. The first-order valence-corrected chi connectivity index (χ1v) is 7.84. The molecule has 0 aromatic heterocycles. The van der Waals surface area contributed by atoms with Crippen LogP contribution in [0, 0.1) is 6.92 Å². The molecule has 25 heavy (non-hydrogen) atoms. The van der Waals surface area contributed by atoms with E-state index in [1.807, 2.05) is 0 Å². The summed E-state index contributed by atoms with van der Waals surface area (Å²) in [5.41, 5.74) is 2.16. The minimum atomic E-state index is -1.03. The Morgan fingerprint density at radius 1 is 1.08 bits per heavy atom. The summed E-state index contributed by atoms with van der Waals surface area (Å²) in [5, 5.41) is 14.5. The number of nitrogens with one attached hydrogen (secondary N) is 2. The summed E-state index contributed by atoms with van der Waals surface area (Å²) in [7, 11) is 1.50. The van der Waals surface area contributed by atoms with Crippen LogP contribution in [-0.2, 0) is 11.2 Å². The Balaban J connectivity index is 2.10. The van der Waals surface area contributed by atoms with Gasteiger partial charge in [0.2, 0.25) is 5.91 Å². The van der Waals surface area contributed by atoms with Crippen molar-refractivity contribution in [2.75, 3.05) is 12.4 Å². The van der Waals surface area contributed by atoms with Gasteiger partial charge in [-0.15, -0.1) is 0 Å². The van der Waals surface area contributed by atoms with E-state index in [0.29, 0.717) is 22.4 Å². The van der Waals surface area contributed by atoms with Gasteiger partial charge in [0.25, 0.3) is 5.91 Å². The summed E-state index contributed by atoms with van der Waals surface area (Å²) >= 11 is 6.04. The van der Waals surface area contributed by atoms with Gasteiger partial charge in [-0.3, -0.25) is 9.59 Å². The third-order valence-corrected chi connectivity index (χ3v) is 3.93. The molecule has 0 saturated carbocycles. The average molecular weight is 361 g/mol. The van der Waals surface area contributed by atoms with Crippen molar-refractivity contribution >= 4 is 35.1 Å². The Morgan fingerprint density at radius 3 is 2.40 bits per heavy atom. The quantitative estimate of drug-likeness (QED) is 0.764. The largest absolute Gasteiger partial charge is 0.478 e. The summed E-state index contributed by atoms with van der Waals surface area (Å²) in [6.45, 7) is 1.70. The van der Waals surface area contributed by atoms with E-state index in [9.17, 15) is 14.4 Å². The molecule has 2 aromatic carbocycles. The fourth-order valence-electron chi connectivity index (χ4n) is 2.31. The Kier molecular flexibility index (Phi) is 5.77. The van der Waals surface area contributed by atoms with E-state index in [4.69, 9.17) is 16.7 Å². The standard InChI is InChI=1S/C18H17ClN2O4/c1-10-3-4-11(7-14(10)18(24)25)8-16(22)21-12-5-6-13(15(19)9-12)17(23)20-2/h3-7,9H,8H2,1-2H3,(H,20,23)(H,21,22)(H,24,25). The number of aromatic carboxylic acids is 1. The van der Waals surface area contributed by atoms with E-state index < -0.39 is 5.97 Å². The van der Waals surface area contributed by atoms with E-state index in [0.717, 1.165) is 0 Å². The molecule has 6 nitrogen and oxygen atoms in total. The van der Waals surface area contributed by atoms with Gasteiger partial charge < -0.3 is 15.7 Å². The molecular weight excluding hydrogens is 344 g/mol. The summed E-state index contributed by atoms with van der Waals surface area (Å²) in [6, 6.07) is 9.45. The summed E-state index contributed by atoms with van der Waals surface area (Å²) < 4.78 is 0. The molecule has 130 valence electrons. The van der Waals surface area contributed by atoms with Crippen LogP contribution in [0.3, 0.4) is 0 Å². The van der Waals surface area contributed by atoms with Crippen LogP contribution < -0.4 is 10.6 Å². The second-order valence-electron chi connectivity index (χ2n) is 5.45. The first-order chi connectivity index (χ1) is 11.8. The van der Waals surface area contributed by atoms with Gasteiger partial charge in [-0.05, 0) is 42.3 Å². The molecule has 0 fully saturated rings. The number of carbonyl (C=O) groups is 3. The molecule has 0 aliphatic rings. The van der Waals surface area contributed by atoms with E-state index in [1.165, 1.54) is 25.2 Å². The molecule has 0 saturated heterocycles. The predicted molar refractivity (Wildman–Crippen MR) is 95.3 cm³/mol. The van der Waals surface area contributed by atoms with E-state index in [2.05, 4.69) is 10.6 Å². The number of rotatable bonds is 5. The summed E-state index contributed by atoms with van der Waals surface area (Å²) in [5.74, 6) is -1.66. The molecular formula is C18H17ClN2O4. The Labute approximate surface area is 149 Å². The maximum atomic E-state index is 12.2. The number of carboxylic acid groups (broad SMARTS) is 1. The van der Waals surface area contributed by atoms with Gasteiger partial charge in [-0.1, -0.05) is 23.7 Å². The molecule has 2 amide bonds. The average Bonchev–Trinajstić information content (AvgIpc) is 2.55. The van der Waals surface area contributed by atoms with Crippen molar-refractivity contribution in [1.82, 2.24) is 5.32 Å². The molecule has 0 bridgehead atoms. The minimum Gasteiger partial charge on any atom is -0.478 e. The molecule has 7 heteroatoms. The molecule has 0 unspecified atom stereocenters. The lowest BCUT2D eigenvalue weighted by Crippen LogP contribution is -2.19. The Hall–Kier alpha value is -2.86. The second kappa shape index (κ2) is 7.81. The summed E-state index contributed by atoms with van der Waals surface area (Å²) in [4.78, 5) is 34.9. The maximum absolute atomic E-state index is 12.2. The van der Waals surface area contributed by atoms with Crippen LogP contribution in [0.5, 0.6) is 0 Å². The van der Waals surface area contributed by atoms with Gasteiger partial charge in [0.15, 0.2) is 0 Å². The van der Waals surface area contributed by atoms with Gasteiger partial charge in [0.1, 0.15) is 0 Å². The highest BCUT2D eigenvalue weighted by Crippen LogP contribution is 2.21. The fourth-order valence-corrected chi connectivity index (χ4v) is 2.58. The van der Waals surface area contributed by atoms with Gasteiger partial charge in [-0.2, -0.15) is 0 Å². The second-order valence-corrected chi connectivity index (χ2v) is 5.86. The van der Waals surface area contributed by atoms with E-state index in [-0.39, 0.29) is 28.8 Å². The van der Waals surface area contributed by atoms with Crippen LogP contribution in [-0.4, -0.2) is 29.9 Å². The van der Waals surface area contributed by atoms with E-state index >= 15 is 0 Å². The van der Waals surface area contributed by atoms with Crippen molar-refractivity contribution in [3.63, 3.8) is 0 Å². The van der Waals surface area contributed by atoms with Crippen molar-refractivity contribution in [2.24, 2.45) is 0 Å². The highest BCUT2D eigenvalue weighted by molar-refractivity contribution is 6.34. The van der Waals surface area contributed by atoms with Crippen molar-refractivity contribution in [3.8, 4) is 0 Å². The third-order valence-electron chi connectivity index (χ3n) is 3.62. The molecule has 0 spiro atoms. The topological polar surface area (TPSA) is 95.5 Å². The molecule has 2 aromatic rings. The lowest BCUT2D eigenvalue weighted by atomic mass is 10.0. The number of benzene rings is 2. The molecule has 3 N–H and O–H groups in total. The van der Waals surface area contributed by atoms with Crippen LogP contribution in [0.4, 0.5) is 5.69 Å². The van der Waals surface area contributed by atoms with Crippen molar-refractivity contribution < 1.29 is 19.5 Å². The first kappa shape index (κ1) is 18.5. The Morgan fingerprint density at radius 2 is 1.80 bits per heavy atom. The number of carboxylic acids is 1. The zero-order valence-electron chi connectivity index (χ0n) is 13.7. The highest BCUT2D eigenvalue weighted by atomic mass is 35.5. The lowest BCUT2D eigenvalue weighted by Gasteiger charge is -2.09. The number of halogens is 1. The van der Waals surface area contributed by atoms with Crippen molar-refractivity contribution in [1.29, 1.82) is 0 Å². The number of anilines is 1. The minimum absolute atomic E-state index is 0.0232. The van der Waals surface area contributed by atoms with Crippen LogP contribution in [0.25, 0.3) is 0 Å². The van der Waals surface area contributed by atoms with Crippen LogP contribution in [0.15, 0.2) is 36.4 Å². The first-order valence-electron chi connectivity index (χ1n) is 7.46. The normalized spacial score (nSPS) is 10.2. The summed E-state index contributed by atoms with van der Waals surface area (Å²) in [6.07, 6.45) is 0.0232. The number of amides is 2. The molecule has 0 aliphatic heterocycles. The smallest absolute Gasteiger partial charge is 0.335 e. The van der Waals surface area contributed by atoms with Gasteiger partial charge in [0, 0.05) is 12.7 Å². The number of carbonyl (C=O) groups excluding carboxylic acids is 2. The third kappa shape index (κ3) is 4.58. The van der Waals surface area contributed by atoms with Crippen LogP contribution >= 0.6 is 11.6 Å². The van der Waals surface area contributed by atoms with Gasteiger partial charge in [0.05, 0.1) is 22.6 Å². The van der Waals surface area contributed by atoms with Gasteiger partial charge in [-0.25, -0.2) is 4.79 Å². The molecule has 0 heterocycles. The monoisotopic (exact) mass is 360 g/mol. The van der Waals surface area contributed by atoms with E-state index in [1.54, 1.807) is 25.1 Å².